The number of halogens is 4. The SMILES string of the molecule is O=C1C(Br)CCCN1c1cccc(OC(F)(F)F)c1. The van der Waals surface area contributed by atoms with Gasteiger partial charge in [-0.25, -0.2) is 0 Å². The van der Waals surface area contributed by atoms with E-state index in [1.54, 1.807) is 6.07 Å². The van der Waals surface area contributed by atoms with Gasteiger partial charge in [-0.1, -0.05) is 22.0 Å². The van der Waals surface area contributed by atoms with Gasteiger partial charge in [-0.3, -0.25) is 4.79 Å². The highest BCUT2D eigenvalue weighted by molar-refractivity contribution is 9.10. The average molecular weight is 338 g/mol. The number of hydrogen-bond acceptors (Lipinski definition) is 2. The summed E-state index contributed by atoms with van der Waals surface area (Å²) in [6, 6.07) is 5.45. The Hall–Kier alpha value is -1.24. The molecule has 1 aliphatic rings. The third-order valence-electron chi connectivity index (χ3n) is 2.74. The van der Waals surface area contributed by atoms with Gasteiger partial charge in [0.25, 0.3) is 0 Å². The maximum Gasteiger partial charge on any atom is 0.573 e. The molecule has 0 aliphatic carbocycles. The Labute approximate surface area is 116 Å². The summed E-state index contributed by atoms with van der Waals surface area (Å²) < 4.78 is 40.3. The van der Waals surface area contributed by atoms with Crippen LogP contribution >= 0.6 is 15.9 Å². The van der Waals surface area contributed by atoms with Crippen LogP contribution in [0.4, 0.5) is 18.9 Å². The Morgan fingerprint density at radius 1 is 1.37 bits per heavy atom. The molecule has 1 aromatic rings. The van der Waals surface area contributed by atoms with Crippen LogP contribution in [-0.4, -0.2) is 23.6 Å². The number of amides is 1. The van der Waals surface area contributed by atoms with Crippen molar-refractivity contribution in [3.05, 3.63) is 24.3 Å². The average Bonchev–Trinajstić information content (AvgIpc) is 2.31. The van der Waals surface area contributed by atoms with Gasteiger partial charge in [0.05, 0.1) is 4.83 Å². The second-order valence-corrected chi connectivity index (χ2v) is 5.25. The normalized spacial score (nSPS) is 20.5. The summed E-state index contributed by atoms with van der Waals surface area (Å²) in [5, 5.41) is 0. The van der Waals surface area contributed by atoms with Crippen LogP contribution in [0.5, 0.6) is 5.75 Å². The molecule has 1 aliphatic heterocycles. The van der Waals surface area contributed by atoms with Crippen molar-refractivity contribution in [2.24, 2.45) is 0 Å². The van der Waals surface area contributed by atoms with E-state index in [4.69, 9.17) is 0 Å². The molecule has 1 fully saturated rings. The molecular weight excluding hydrogens is 327 g/mol. The monoisotopic (exact) mass is 337 g/mol. The van der Waals surface area contributed by atoms with E-state index < -0.39 is 6.36 Å². The predicted octanol–water partition coefficient (Wildman–Crippen LogP) is 3.48. The Bertz CT molecular complexity index is 478. The second-order valence-electron chi connectivity index (χ2n) is 4.14. The first-order valence-electron chi connectivity index (χ1n) is 5.68. The molecule has 1 amide bonds. The van der Waals surface area contributed by atoms with E-state index in [0.29, 0.717) is 12.2 Å². The van der Waals surface area contributed by atoms with Crippen molar-refractivity contribution in [2.75, 3.05) is 11.4 Å². The summed E-state index contributed by atoms with van der Waals surface area (Å²) in [7, 11) is 0. The molecule has 3 nitrogen and oxygen atoms in total. The van der Waals surface area contributed by atoms with Gasteiger partial charge in [0.2, 0.25) is 5.91 Å². The van der Waals surface area contributed by atoms with Crippen LogP contribution in [0.25, 0.3) is 0 Å². The van der Waals surface area contributed by atoms with Crippen LogP contribution in [0.15, 0.2) is 24.3 Å². The van der Waals surface area contributed by atoms with Crippen LogP contribution in [0.1, 0.15) is 12.8 Å². The van der Waals surface area contributed by atoms with Crippen molar-refractivity contribution in [3.63, 3.8) is 0 Å². The first-order chi connectivity index (χ1) is 8.87. The number of alkyl halides is 4. The molecule has 0 N–H and O–H groups in total. The Morgan fingerprint density at radius 3 is 2.79 bits per heavy atom. The molecule has 0 saturated carbocycles. The van der Waals surface area contributed by atoms with Crippen LogP contribution in [0, 0.1) is 0 Å². The van der Waals surface area contributed by atoms with Crippen molar-refractivity contribution in [1.82, 2.24) is 0 Å². The second kappa shape index (κ2) is 5.40. The van der Waals surface area contributed by atoms with Gasteiger partial charge >= 0.3 is 6.36 Å². The number of hydrogen-bond donors (Lipinski definition) is 0. The number of piperidine rings is 1. The van der Waals surface area contributed by atoms with Crippen molar-refractivity contribution in [2.45, 2.75) is 24.0 Å². The van der Waals surface area contributed by atoms with Crippen LogP contribution < -0.4 is 9.64 Å². The van der Waals surface area contributed by atoms with Crippen LogP contribution in [0.3, 0.4) is 0 Å². The highest BCUT2D eigenvalue weighted by atomic mass is 79.9. The molecule has 1 heterocycles. The molecule has 0 spiro atoms. The minimum absolute atomic E-state index is 0.143. The summed E-state index contributed by atoms with van der Waals surface area (Å²) in [5.41, 5.74) is 0.413. The number of benzene rings is 1. The molecule has 0 radical (unpaired) electrons. The molecule has 1 atom stereocenters. The first kappa shape index (κ1) is 14.2. The van der Waals surface area contributed by atoms with Crippen LogP contribution in [0.2, 0.25) is 0 Å². The number of carbonyl (C=O) groups excluding carboxylic acids is 1. The predicted molar refractivity (Wildman–Crippen MR) is 67.4 cm³/mol. The summed E-state index contributed by atoms with van der Waals surface area (Å²) in [5.74, 6) is -0.468. The fraction of sp³-hybridized carbons (Fsp3) is 0.417. The first-order valence-corrected chi connectivity index (χ1v) is 6.59. The Morgan fingerprint density at radius 2 is 2.11 bits per heavy atom. The molecule has 104 valence electrons. The lowest BCUT2D eigenvalue weighted by atomic mass is 10.1. The van der Waals surface area contributed by atoms with E-state index in [9.17, 15) is 18.0 Å². The van der Waals surface area contributed by atoms with E-state index in [1.165, 1.54) is 23.1 Å². The fourth-order valence-electron chi connectivity index (χ4n) is 1.94. The van der Waals surface area contributed by atoms with Gasteiger partial charge in [0.15, 0.2) is 0 Å². The Kier molecular flexibility index (Phi) is 4.03. The van der Waals surface area contributed by atoms with Crippen molar-refractivity contribution in [1.29, 1.82) is 0 Å². The topological polar surface area (TPSA) is 29.5 Å². The molecule has 2 rings (SSSR count). The van der Waals surface area contributed by atoms with Crippen molar-refractivity contribution in [3.8, 4) is 5.75 Å². The largest absolute Gasteiger partial charge is 0.573 e. The summed E-state index contributed by atoms with van der Waals surface area (Å²) in [6.45, 7) is 0.496. The fourth-order valence-corrected chi connectivity index (χ4v) is 2.51. The zero-order valence-electron chi connectivity index (χ0n) is 9.78. The minimum atomic E-state index is -4.73. The molecule has 1 unspecified atom stereocenters. The molecule has 7 heteroatoms. The van der Waals surface area contributed by atoms with Crippen LogP contribution in [-0.2, 0) is 4.79 Å². The van der Waals surface area contributed by atoms with Gasteiger partial charge in [-0.05, 0) is 25.0 Å². The zero-order valence-corrected chi connectivity index (χ0v) is 11.4. The molecular formula is C12H11BrF3NO2. The lowest BCUT2D eigenvalue weighted by molar-refractivity contribution is -0.274. The zero-order chi connectivity index (χ0) is 14.0. The molecule has 1 aromatic carbocycles. The molecule has 1 saturated heterocycles. The van der Waals surface area contributed by atoms with Gasteiger partial charge in [0, 0.05) is 18.3 Å². The number of rotatable bonds is 2. The molecule has 19 heavy (non-hydrogen) atoms. The number of ether oxygens (including phenoxy) is 1. The summed E-state index contributed by atoms with van der Waals surface area (Å²) in [4.78, 5) is 13.1. The maximum atomic E-state index is 12.1. The van der Waals surface area contributed by atoms with E-state index in [2.05, 4.69) is 20.7 Å². The van der Waals surface area contributed by atoms with E-state index in [1.807, 2.05) is 0 Å². The maximum absolute atomic E-state index is 12.1. The number of carbonyl (C=O) groups is 1. The highest BCUT2D eigenvalue weighted by Gasteiger charge is 2.32. The highest BCUT2D eigenvalue weighted by Crippen LogP contribution is 2.29. The third kappa shape index (κ3) is 3.62. The summed E-state index contributed by atoms with van der Waals surface area (Å²) in [6.07, 6.45) is -3.21. The number of nitrogens with zero attached hydrogens (tertiary/aromatic N) is 1. The quantitative estimate of drug-likeness (QED) is 0.773. The Balaban J connectivity index is 2.21. The van der Waals surface area contributed by atoms with E-state index in [0.717, 1.165) is 12.8 Å². The van der Waals surface area contributed by atoms with Gasteiger partial charge in [0.1, 0.15) is 5.75 Å². The van der Waals surface area contributed by atoms with Gasteiger partial charge in [-0.2, -0.15) is 0 Å². The van der Waals surface area contributed by atoms with Crippen molar-refractivity contribution < 1.29 is 22.7 Å². The third-order valence-corrected chi connectivity index (χ3v) is 3.59. The standard InChI is InChI=1S/C12H11BrF3NO2/c13-10-5-2-6-17(11(10)18)8-3-1-4-9(7-8)19-12(14,15)16/h1,3-4,7,10H,2,5-6H2. The van der Waals surface area contributed by atoms with Crippen molar-refractivity contribution >= 4 is 27.5 Å². The van der Waals surface area contributed by atoms with Gasteiger partial charge in [-0.15, -0.1) is 13.2 Å². The smallest absolute Gasteiger partial charge is 0.406 e. The molecule has 0 aromatic heterocycles. The number of anilines is 1. The summed E-state index contributed by atoms with van der Waals surface area (Å²) >= 11 is 3.26. The minimum Gasteiger partial charge on any atom is -0.406 e. The lowest BCUT2D eigenvalue weighted by Gasteiger charge is -2.30. The van der Waals surface area contributed by atoms with Gasteiger partial charge < -0.3 is 9.64 Å². The van der Waals surface area contributed by atoms with E-state index >= 15 is 0 Å². The van der Waals surface area contributed by atoms with E-state index in [-0.39, 0.29) is 16.5 Å². The molecule has 0 bridgehead atoms. The lowest BCUT2D eigenvalue weighted by Crippen LogP contribution is -2.41.